The first kappa shape index (κ1) is 19.0. The summed E-state index contributed by atoms with van der Waals surface area (Å²) in [7, 11) is -3.40. The van der Waals surface area contributed by atoms with E-state index < -0.39 is 21.9 Å². The Balaban J connectivity index is 1.48. The third-order valence-corrected chi connectivity index (χ3v) is 7.67. The van der Waals surface area contributed by atoms with Crippen LogP contribution in [-0.2, 0) is 19.4 Å². The number of cyclic esters (lactones) is 1. The Hall–Kier alpha value is -2.33. The van der Waals surface area contributed by atoms with Crippen LogP contribution < -0.4 is 0 Å². The van der Waals surface area contributed by atoms with Gasteiger partial charge in [-0.2, -0.15) is 0 Å². The molecule has 0 saturated carbocycles. The van der Waals surface area contributed by atoms with E-state index in [-0.39, 0.29) is 22.5 Å². The second-order valence-corrected chi connectivity index (χ2v) is 10.0. The highest BCUT2D eigenvalue weighted by atomic mass is 32.2. The van der Waals surface area contributed by atoms with Gasteiger partial charge in [-0.15, -0.1) is 5.10 Å². The average molecular weight is 422 g/mol. The van der Waals surface area contributed by atoms with Crippen LogP contribution in [0.25, 0.3) is 0 Å². The predicted octanol–water partition coefficient (Wildman–Crippen LogP) is 1.95. The summed E-state index contributed by atoms with van der Waals surface area (Å²) in [4.78, 5) is 26.5. The molecule has 1 fully saturated rings. The molecule has 3 heterocycles. The molecule has 0 N–H and O–H groups in total. The van der Waals surface area contributed by atoms with E-state index in [4.69, 9.17) is 4.74 Å². The molecule has 0 spiro atoms. The molecule has 4 rings (SSSR count). The summed E-state index contributed by atoms with van der Waals surface area (Å²) >= 11 is 0.868. The molecule has 1 aromatic carbocycles. The second-order valence-electron chi connectivity index (χ2n) is 7.08. The average Bonchev–Trinajstić information content (AvgIpc) is 3.28. The van der Waals surface area contributed by atoms with Crippen molar-refractivity contribution in [2.45, 2.75) is 35.5 Å². The van der Waals surface area contributed by atoms with Gasteiger partial charge in [0.1, 0.15) is 6.10 Å². The number of sulfone groups is 1. The number of nitrogens with zero attached hydrogens (tertiary/aromatic N) is 3. The lowest BCUT2D eigenvalue weighted by molar-refractivity contribution is -0.134. The molecule has 2 aliphatic rings. The lowest BCUT2D eigenvalue weighted by Crippen LogP contribution is -2.40. The molecule has 0 bridgehead atoms. The van der Waals surface area contributed by atoms with Crippen molar-refractivity contribution in [1.29, 1.82) is 0 Å². The number of hydrogen-bond donors (Lipinski definition) is 0. The van der Waals surface area contributed by atoms with Crippen molar-refractivity contribution in [3.05, 3.63) is 41.1 Å². The number of esters is 1. The van der Waals surface area contributed by atoms with Crippen molar-refractivity contribution in [1.82, 2.24) is 14.5 Å². The zero-order valence-corrected chi connectivity index (χ0v) is 16.8. The number of rotatable bonds is 4. The summed E-state index contributed by atoms with van der Waals surface area (Å²) in [6, 6.07) is 7.08. The number of likely N-dealkylation sites (tertiary alicyclic amines) is 1. The highest BCUT2D eigenvalue weighted by molar-refractivity contribution is 7.92. The number of carbonyl (C=O) groups is 2. The van der Waals surface area contributed by atoms with Crippen LogP contribution in [0.2, 0.25) is 0 Å². The molecular formula is C18H19N3O5S2. The number of amides is 1. The number of benzene rings is 1. The minimum absolute atomic E-state index is 0.0731. The summed E-state index contributed by atoms with van der Waals surface area (Å²) in [6.07, 6.45) is 2.13. The van der Waals surface area contributed by atoms with Crippen LogP contribution in [0.4, 0.5) is 0 Å². The van der Waals surface area contributed by atoms with Crippen molar-refractivity contribution < 1.29 is 22.7 Å². The third-order valence-electron chi connectivity index (χ3n) is 5.12. The van der Waals surface area contributed by atoms with Gasteiger partial charge in [-0.3, -0.25) is 4.79 Å². The Morgan fingerprint density at radius 1 is 1.36 bits per heavy atom. The van der Waals surface area contributed by atoms with E-state index in [9.17, 15) is 18.0 Å². The number of hydrogen-bond acceptors (Lipinski definition) is 8. The molecule has 0 unspecified atom stereocenters. The van der Waals surface area contributed by atoms with Crippen LogP contribution in [0.15, 0.2) is 28.5 Å². The topological polar surface area (TPSA) is 107 Å². The van der Waals surface area contributed by atoms with Gasteiger partial charge in [0, 0.05) is 42.4 Å². The highest BCUT2D eigenvalue weighted by Crippen LogP contribution is 2.35. The molecule has 8 nitrogen and oxygen atoms in total. The molecular weight excluding hydrogens is 402 g/mol. The first-order valence-corrected chi connectivity index (χ1v) is 11.6. The summed E-state index contributed by atoms with van der Waals surface area (Å²) in [5, 5.41) is 4.03. The number of aromatic nitrogens is 2. The smallest absolute Gasteiger partial charge is 0.339 e. The third kappa shape index (κ3) is 3.53. The monoisotopic (exact) mass is 421 g/mol. The number of carbonyl (C=O) groups excluding carboxylic acids is 2. The number of fused-ring (bicyclic) bond motifs is 1. The maximum absolute atomic E-state index is 12.9. The molecule has 0 aliphatic carbocycles. The predicted molar refractivity (Wildman–Crippen MR) is 101 cm³/mol. The summed E-state index contributed by atoms with van der Waals surface area (Å²) in [6.45, 7) is 0.971. The summed E-state index contributed by atoms with van der Waals surface area (Å²) < 4.78 is 33.2. The number of ether oxygens (including phenoxy) is 1. The van der Waals surface area contributed by atoms with Crippen LogP contribution in [0.5, 0.6) is 0 Å². The second kappa shape index (κ2) is 7.25. The molecule has 1 aromatic heterocycles. The van der Waals surface area contributed by atoms with E-state index in [1.165, 1.54) is 0 Å². The maximum atomic E-state index is 12.9. The standard InChI is InChI=1S/C18H19N3O5S2/c1-28(24,25)18-16(19-20-27-18)11-5-4-8-21(10-11)15(22)9-14-12-6-2-3-7-13(12)17(23)26-14/h2-3,6-7,11,14H,4-5,8-10H2,1H3/t11-,14+/m1/s1. The number of piperidine rings is 1. The molecule has 2 aliphatic heterocycles. The van der Waals surface area contributed by atoms with E-state index in [1.54, 1.807) is 23.1 Å². The van der Waals surface area contributed by atoms with E-state index in [0.717, 1.165) is 36.2 Å². The van der Waals surface area contributed by atoms with Gasteiger partial charge in [0.15, 0.2) is 14.0 Å². The van der Waals surface area contributed by atoms with E-state index >= 15 is 0 Å². The van der Waals surface area contributed by atoms with Crippen LogP contribution in [0.3, 0.4) is 0 Å². The first-order chi connectivity index (χ1) is 13.3. The van der Waals surface area contributed by atoms with Crippen LogP contribution >= 0.6 is 11.5 Å². The van der Waals surface area contributed by atoms with Gasteiger partial charge in [0.05, 0.1) is 17.7 Å². The van der Waals surface area contributed by atoms with Gasteiger partial charge in [0.2, 0.25) is 5.91 Å². The molecule has 1 amide bonds. The van der Waals surface area contributed by atoms with Crippen molar-refractivity contribution >= 4 is 33.2 Å². The Bertz CT molecular complexity index is 1030. The quantitative estimate of drug-likeness (QED) is 0.695. The summed E-state index contributed by atoms with van der Waals surface area (Å²) in [5.74, 6) is -0.695. The Kier molecular flexibility index (Phi) is 4.92. The van der Waals surface area contributed by atoms with Gasteiger partial charge in [-0.25, -0.2) is 13.2 Å². The van der Waals surface area contributed by atoms with Gasteiger partial charge < -0.3 is 9.64 Å². The van der Waals surface area contributed by atoms with Crippen molar-refractivity contribution in [3.63, 3.8) is 0 Å². The van der Waals surface area contributed by atoms with E-state index in [2.05, 4.69) is 9.59 Å². The zero-order chi connectivity index (χ0) is 19.9. The molecule has 2 atom stereocenters. The fourth-order valence-electron chi connectivity index (χ4n) is 3.78. The molecule has 1 saturated heterocycles. The largest absolute Gasteiger partial charge is 0.453 e. The van der Waals surface area contributed by atoms with Crippen LogP contribution in [0.1, 0.15) is 52.9 Å². The Morgan fingerprint density at radius 2 is 2.14 bits per heavy atom. The molecule has 10 heteroatoms. The lowest BCUT2D eigenvalue weighted by atomic mass is 9.94. The minimum Gasteiger partial charge on any atom is -0.453 e. The fourth-order valence-corrected chi connectivity index (χ4v) is 5.51. The lowest BCUT2D eigenvalue weighted by Gasteiger charge is -2.32. The fraction of sp³-hybridized carbons (Fsp3) is 0.444. The molecule has 148 valence electrons. The maximum Gasteiger partial charge on any atom is 0.339 e. The highest BCUT2D eigenvalue weighted by Gasteiger charge is 2.35. The van der Waals surface area contributed by atoms with Crippen molar-refractivity contribution in [2.24, 2.45) is 0 Å². The van der Waals surface area contributed by atoms with Crippen molar-refractivity contribution in [3.8, 4) is 0 Å². The first-order valence-electron chi connectivity index (χ1n) is 8.94. The SMILES string of the molecule is CS(=O)(=O)c1snnc1[C@@H]1CCCN(C(=O)C[C@@H]2OC(=O)c3ccccc32)C1. The van der Waals surface area contributed by atoms with E-state index in [0.29, 0.717) is 24.3 Å². The Labute approximate surface area is 166 Å². The van der Waals surface area contributed by atoms with Crippen molar-refractivity contribution in [2.75, 3.05) is 19.3 Å². The Morgan fingerprint density at radius 3 is 2.93 bits per heavy atom. The van der Waals surface area contributed by atoms with E-state index in [1.807, 2.05) is 6.07 Å². The normalized spacial score (nSPS) is 22.0. The minimum atomic E-state index is -3.40. The molecule has 28 heavy (non-hydrogen) atoms. The molecule has 0 radical (unpaired) electrons. The van der Waals surface area contributed by atoms with Gasteiger partial charge in [-0.05, 0) is 18.9 Å². The zero-order valence-electron chi connectivity index (χ0n) is 15.2. The van der Waals surface area contributed by atoms with Crippen LogP contribution in [0, 0.1) is 0 Å². The van der Waals surface area contributed by atoms with Gasteiger partial charge >= 0.3 is 5.97 Å². The molecule has 2 aromatic rings. The van der Waals surface area contributed by atoms with Gasteiger partial charge in [0.25, 0.3) is 0 Å². The van der Waals surface area contributed by atoms with Crippen LogP contribution in [-0.4, -0.2) is 54.1 Å². The van der Waals surface area contributed by atoms with Gasteiger partial charge in [-0.1, -0.05) is 22.7 Å². The summed E-state index contributed by atoms with van der Waals surface area (Å²) in [5.41, 5.74) is 1.68.